The molecule has 1 atom stereocenters. The lowest BCUT2D eigenvalue weighted by atomic mass is 10.0. The summed E-state index contributed by atoms with van der Waals surface area (Å²) in [6.45, 7) is 4.07. The molecule has 0 bridgehead atoms. The van der Waals surface area contributed by atoms with Crippen LogP contribution in [-0.2, 0) is 16.0 Å². The maximum absolute atomic E-state index is 11.7. The van der Waals surface area contributed by atoms with E-state index in [1.165, 1.54) is 12.7 Å². The van der Waals surface area contributed by atoms with Crippen molar-refractivity contribution in [2.75, 3.05) is 7.11 Å². The highest BCUT2D eigenvalue weighted by Crippen LogP contribution is 2.26. The Bertz CT molecular complexity index is 882. The van der Waals surface area contributed by atoms with Crippen LogP contribution in [0.1, 0.15) is 16.8 Å². The number of ether oxygens (including phenoxy) is 1. The van der Waals surface area contributed by atoms with Crippen molar-refractivity contribution in [3.63, 3.8) is 0 Å². The summed E-state index contributed by atoms with van der Waals surface area (Å²) in [4.78, 5) is 16.5. The van der Waals surface area contributed by atoms with E-state index >= 15 is 0 Å². The van der Waals surface area contributed by atoms with Gasteiger partial charge in [0.15, 0.2) is 0 Å². The van der Waals surface area contributed by atoms with Gasteiger partial charge in [0.25, 0.3) is 0 Å². The number of esters is 1. The fourth-order valence-electron chi connectivity index (χ4n) is 2.78. The molecule has 0 saturated carbocycles. The average molecular weight is 323 g/mol. The molecule has 1 aromatic carbocycles. The summed E-state index contributed by atoms with van der Waals surface area (Å²) in [6, 6.07) is 11.5. The van der Waals surface area contributed by atoms with Gasteiger partial charge in [0.1, 0.15) is 11.7 Å². The second-order valence-corrected chi connectivity index (χ2v) is 6.04. The SMILES string of the molecule is COC(=O)C(N)Cc1c(-c2ccc(C)cc2)nc2cc(C)ccn12. The van der Waals surface area contributed by atoms with Crippen molar-refractivity contribution in [1.29, 1.82) is 0 Å². The third kappa shape index (κ3) is 3.03. The third-order valence-electron chi connectivity index (χ3n) is 4.12. The summed E-state index contributed by atoms with van der Waals surface area (Å²) in [7, 11) is 1.35. The highest BCUT2D eigenvalue weighted by Gasteiger charge is 2.21. The summed E-state index contributed by atoms with van der Waals surface area (Å²) in [5.41, 5.74) is 11.9. The predicted octanol–water partition coefficient (Wildman–Crippen LogP) is 2.66. The highest BCUT2D eigenvalue weighted by atomic mass is 16.5. The van der Waals surface area contributed by atoms with E-state index in [2.05, 4.69) is 12.1 Å². The molecule has 5 heteroatoms. The second-order valence-electron chi connectivity index (χ2n) is 6.04. The van der Waals surface area contributed by atoms with Gasteiger partial charge in [0.2, 0.25) is 0 Å². The van der Waals surface area contributed by atoms with Crippen LogP contribution in [-0.4, -0.2) is 28.5 Å². The van der Waals surface area contributed by atoms with Gasteiger partial charge in [-0.2, -0.15) is 0 Å². The summed E-state index contributed by atoms with van der Waals surface area (Å²) in [6.07, 6.45) is 2.33. The van der Waals surface area contributed by atoms with E-state index in [4.69, 9.17) is 15.5 Å². The molecule has 5 nitrogen and oxygen atoms in total. The lowest BCUT2D eigenvalue weighted by molar-refractivity contribution is -0.142. The fraction of sp³-hybridized carbons (Fsp3) is 0.263. The van der Waals surface area contributed by atoms with Crippen molar-refractivity contribution < 1.29 is 9.53 Å². The average Bonchev–Trinajstić information content (AvgIpc) is 2.92. The van der Waals surface area contributed by atoms with Crippen molar-refractivity contribution in [2.45, 2.75) is 26.3 Å². The van der Waals surface area contributed by atoms with E-state index in [0.717, 1.165) is 28.2 Å². The molecular weight excluding hydrogens is 302 g/mol. The number of rotatable bonds is 4. The van der Waals surface area contributed by atoms with Gasteiger partial charge in [-0.05, 0) is 31.5 Å². The summed E-state index contributed by atoms with van der Waals surface area (Å²) < 4.78 is 6.75. The maximum atomic E-state index is 11.7. The number of aromatic nitrogens is 2. The van der Waals surface area contributed by atoms with E-state index in [1.54, 1.807) is 0 Å². The minimum Gasteiger partial charge on any atom is -0.468 e. The van der Waals surface area contributed by atoms with Crippen LogP contribution in [0.5, 0.6) is 0 Å². The molecule has 124 valence electrons. The quantitative estimate of drug-likeness (QED) is 0.749. The molecule has 0 amide bonds. The van der Waals surface area contributed by atoms with Crippen molar-refractivity contribution >= 4 is 11.6 Å². The van der Waals surface area contributed by atoms with Gasteiger partial charge in [-0.1, -0.05) is 29.8 Å². The number of imidazole rings is 1. The fourth-order valence-corrected chi connectivity index (χ4v) is 2.78. The van der Waals surface area contributed by atoms with E-state index in [9.17, 15) is 4.79 Å². The monoisotopic (exact) mass is 323 g/mol. The first-order valence-corrected chi connectivity index (χ1v) is 7.87. The van der Waals surface area contributed by atoms with E-state index < -0.39 is 12.0 Å². The van der Waals surface area contributed by atoms with Gasteiger partial charge in [-0.3, -0.25) is 4.79 Å². The number of fused-ring (bicyclic) bond motifs is 1. The molecule has 0 spiro atoms. The molecule has 0 aliphatic rings. The van der Waals surface area contributed by atoms with Gasteiger partial charge in [0.05, 0.1) is 18.5 Å². The molecule has 3 rings (SSSR count). The molecule has 2 N–H and O–H groups in total. The van der Waals surface area contributed by atoms with Gasteiger partial charge < -0.3 is 14.9 Å². The topological polar surface area (TPSA) is 69.6 Å². The normalized spacial score (nSPS) is 12.3. The third-order valence-corrected chi connectivity index (χ3v) is 4.12. The zero-order chi connectivity index (χ0) is 17.3. The minimum absolute atomic E-state index is 0.361. The largest absolute Gasteiger partial charge is 0.468 e. The number of benzene rings is 1. The number of carbonyl (C=O) groups is 1. The molecule has 1 unspecified atom stereocenters. The lowest BCUT2D eigenvalue weighted by Crippen LogP contribution is -2.34. The molecule has 24 heavy (non-hydrogen) atoms. The molecule has 2 aromatic heterocycles. The number of methoxy groups -OCH3 is 1. The van der Waals surface area contributed by atoms with Crippen molar-refractivity contribution in [3.8, 4) is 11.3 Å². The van der Waals surface area contributed by atoms with Crippen molar-refractivity contribution in [1.82, 2.24) is 9.38 Å². The van der Waals surface area contributed by atoms with E-state index in [0.29, 0.717) is 6.42 Å². The molecule has 2 heterocycles. The molecule has 0 aliphatic carbocycles. The van der Waals surface area contributed by atoms with Crippen LogP contribution in [0.3, 0.4) is 0 Å². The first-order chi connectivity index (χ1) is 11.5. The number of pyridine rings is 1. The van der Waals surface area contributed by atoms with Gasteiger partial charge in [-0.25, -0.2) is 4.98 Å². The number of hydrogen-bond acceptors (Lipinski definition) is 4. The highest BCUT2D eigenvalue weighted by molar-refractivity contribution is 5.76. The molecule has 0 radical (unpaired) electrons. The first kappa shape index (κ1) is 16.2. The number of hydrogen-bond donors (Lipinski definition) is 1. The number of nitrogens with two attached hydrogens (primary N) is 1. The van der Waals surface area contributed by atoms with Crippen molar-refractivity contribution in [2.24, 2.45) is 5.73 Å². The standard InChI is InChI=1S/C19H21N3O2/c1-12-4-6-14(7-5-12)18-16(11-15(20)19(23)24-3)22-9-8-13(2)10-17(22)21-18/h4-10,15H,11,20H2,1-3H3. The van der Waals surface area contributed by atoms with E-state index in [1.807, 2.05) is 48.7 Å². The molecular formula is C19H21N3O2. The van der Waals surface area contributed by atoms with Gasteiger partial charge >= 0.3 is 5.97 Å². The van der Waals surface area contributed by atoms with Crippen LogP contribution in [0, 0.1) is 13.8 Å². The van der Waals surface area contributed by atoms with Gasteiger partial charge in [-0.15, -0.1) is 0 Å². The Labute approximate surface area is 141 Å². The first-order valence-electron chi connectivity index (χ1n) is 7.87. The summed E-state index contributed by atoms with van der Waals surface area (Å²) in [5, 5.41) is 0. The molecule has 0 saturated heterocycles. The Hall–Kier alpha value is -2.66. The van der Waals surface area contributed by atoms with Crippen LogP contribution in [0.15, 0.2) is 42.6 Å². The van der Waals surface area contributed by atoms with Gasteiger partial charge in [0, 0.05) is 18.2 Å². The van der Waals surface area contributed by atoms with Crippen LogP contribution >= 0.6 is 0 Å². The second kappa shape index (κ2) is 6.45. The Morgan fingerprint density at radius 2 is 1.92 bits per heavy atom. The lowest BCUT2D eigenvalue weighted by Gasteiger charge is -2.11. The Balaban J connectivity index is 2.14. The Morgan fingerprint density at radius 1 is 1.21 bits per heavy atom. The minimum atomic E-state index is -0.722. The van der Waals surface area contributed by atoms with Crippen molar-refractivity contribution in [3.05, 3.63) is 59.4 Å². The smallest absolute Gasteiger partial charge is 0.323 e. The summed E-state index contributed by atoms with van der Waals surface area (Å²) >= 11 is 0. The Kier molecular flexibility index (Phi) is 4.36. The molecule has 3 aromatic rings. The summed E-state index contributed by atoms with van der Waals surface area (Å²) in [5.74, 6) is -0.424. The zero-order valence-corrected chi connectivity index (χ0v) is 14.1. The number of aryl methyl sites for hydroxylation is 2. The number of nitrogens with zero attached hydrogens (tertiary/aromatic N) is 2. The van der Waals surface area contributed by atoms with Crippen LogP contribution in [0.25, 0.3) is 16.9 Å². The molecule has 0 aliphatic heterocycles. The van der Waals surface area contributed by atoms with Crippen LogP contribution < -0.4 is 5.73 Å². The Morgan fingerprint density at radius 3 is 2.58 bits per heavy atom. The number of carbonyl (C=O) groups excluding carboxylic acids is 1. The zero-order valence-electron chi connectivity index (χ0n) is 14.1. The molecule has 0 fully saturated rings. The van der Waals surface area contributed by atoms with Crippen LogP contribution in [0.2, 0.25) is 0 Å². The van der Waals surface area contributed by atoms with E-state index in [-0.39, 0.29) is 0 Å². The maximum Gasteiger partial charge on any atom is 0.323 e. The van der Waals surface area contributed by atoms with Crippen LogP contribution in [0.4, 0.5) is 0 Å². The predicted molar refractivity (Wildman–Crippen MR) is 93.8 cm³/mol.